The second kappa shape index (κ2) is 6.00. The van der Waals surface area contributed by atoms with Crippen molar-refractivity contribution in [3.63, 3.8) is 0 Å². The molecule has 0 unspecified atom stereocenters. The maximum atomic E-state index is 9.93. The molecule has 0 spiro atoms. The molecule has 9 heavy (non-hydrogen) atoms. The summed E-state index contributed by atoms with van der Waals surface area (Å²) in [7, 11) is -3.71. The summed E-state index contributed by atoms with van der Waals surface area (Å²) in [5.74, 6) is 0.312. The fourth-order valence-electron chi connectivity index (χ4n) is 0.189. The summed E-state index contributed by atoms with van der Waals surface area (Å²) < 4.78 is 28.0. The molecule has 0 radical (unpaired) electrons. The Morgan fingerprint density at radius 1 is 1.56 bits per heavy atom. The molecule has 0 aliphatic carbocycles. The molecule has 0 aromatic rings. The standard InChI is InChI=1S/C3H8O3S2.Na.H/c1-7-2-3-8(4,5)6;;/h2-3H2,1H3,(H,4,5,6);;. The number of hydrogen-bond acceptors (Lipinski definition) is 3. The van der Waals surface area contributed by atoms with Gasteiger partial charge in [0.2, 0.25) is 0 Å². The first-order chi connectivity index (χ1) is 3.56. The average Bonchev–Trinajstić information content (AvgIpc) is 1.59. The van der Waals surface area contributed by atoms with Crippen molar-refractivity contribution in [1.29, 1.82) is 0 Å². The van der Waals surface area contributed by atoms with Crippen LogP contribution in [-0.4, -0.2) is 60.3 Å². The van der Waals surface area contributed by atoms with Crippen LogP contribution in [0.1, 0.15) is 0 Å². The molecule has 0 aromatic carbocycles. The Labute approximate surface area is 81.6 Å². The Balaban J connectivity index is 0. The van der Waals surface area contributed by atoms with Crippen molar-refractivity contribution < 1.29 is 13.0 Å². The summed E-state index contributed by atoms with van der Waals surface area (Å²) in [6.45, 7) is 0. The van der Waals surface area contributed by atoms with Crippen LogP contribution in [0.5, 0.6) is 0 Å². The first-order valence-corrected chi connectivity index (χ1v) is 5.00. The van der Waals surface area contributed by atoms with Gasteiger partial charge in [-0.05, 0) is 6.26 Å². The van der Waals surface area contributed by atoms with Gasteiger partial charge in [-0.1, -0.05) is 0 Å². The van der Waals surface area contributed by atoms with Gasteiger partial charge in [-0.25, -0.2) is 0 Å². The first kappa shape index (κ1) is 12.9. The van der Waals surface area contributed by atoms with Gasteiger partial charge in [0, 0.05) is 5.75 Å². The summed E-state index contributed by atoms with van der Waals surface area (Å²) in [5.41, 5.74) is 0. The van der Waals surface area contributed by atoms with E-state index in [1.165, 1.54) is 11.8 Å². The third-order valence-electron chi connectivity index (χ3n) is 0.545. The number of thioether (sulfide) groups is 1. The molecule has 0 atom stereocenters. The molecule has 0 aromatic heterocycles. The normalized spacial score (nSPS) is 10.4. The van der Waals surface area contributed by atoms with E-state index in [9.17, 15) is 8.42 Å². The average molecular weight is 180 g/mol. The van der Waals surface area contributed by atoms with E-state index in [-0.39, 0.29) is 35.3 Å². The first-order valence-electron chi connectivity index (χ1n) is 2.00. The number of rotatable bonds is 3. The second-order valence-electron chi connectivity index (χ2n) is 1.28. The summed E-state index contributed by atoms with van der Waals surface area (Å²) >= 11 is 1.39. The molecule has 0 bridgehead atoms. The van der Waals surface area contributed by atoms with E-state index in [0.717, 1.165) is 0 Å². The monoisotopic (exact) mass is 180 g/mol. The van der Waals surface area contributed by atoms with Gasteiger partial charge in [0.25, 0.3) is 10.1 Å². The minimum atomic E-state index is -3.71. The van der Waals surface area contributed by atoms with Crippen molar-refractivity contribution in [2.45, 2.75) is 0 Å². The predicted octanol–water partition coefficient (Wildman–Crippen LogP) is -0.411. The van der Waals surface area contributed by atoms with Crippen LogP contribution >= 0.6 is 11.8 Å². The molecule has 52 valence electrons. The summed E-state index contributed by atoms with van der Waals surface area (Å²) in [6, 6.07) is 0. The maximum absolute atomic E-state index is 9.93. The molecule has 0 saturated carbocycles. The predicted molar refractivity (Wildman–Crippen MR) is 41.9 cm³/mol. The molecular formula is C3H9NaO3S2. The van der Waals surface area contributed by atoms with Crippen LogP contribution < -0.4 is 0 Å². The summed E-state index contributed by atoms with van der Waals surface area (Å²) in [6.07, 6.45) is 1.78. The Morgan fingerprint density at radius 2 is 2.00 bits per heavy atom. The van der Waals surface area contributed by atoms with Gasteiger partial charge in [0.15, 0.2) is 0 Å². The third-order valence-corrected chi connectivity index (χ3v) is 2.14. The third kappa shape index (κ3) is 12.5. The van der Waals surface area contributed by atoms with Gasteiger partial charge in [-0.2, -0.15) is 20.2 Å². The zero-order valence-electron chi connectivity index (χ0n) is 4.49. The second-order valence-corrected chi connectivity index (χ2v) is 3.84. The van der Waals surface area contributed by atoms with Crippen molar-refractivity contribution in [2.24, 2.45) is 0 Å². The van der Waals surface area contributed by atoms with E-state index in [1.807, 2.05) is 0 Å². The minimum absolute atomic E-state index is 0. The van der Waals surface area contributed by atoms with E-state index < -0.39 is 10.1 Å². The molecule has 0 amide bonds. The van der Waals surface area contributed by atoms with Crippen molar-refractivity contribution in [1.82, 2.24) is 0 Å². The summed E-state index contributed by atoms with van der Waals surface area (Å²) in [5, 5.41) is 0. The number of hydrogen-bond donors (Lipinski definition) is 1. The van der Waals surface area contributed by atoms with E-state index in [0.29, 0.717) is 5.75 Å². The van der Waals surface area contributed by atoms with Crippen molar-refractivity contribution in [3.05, 3.63) is 0 Å². The van der Waals surface area contributed by atoms with Crippen molar-refractivity contribution >= 4 is 51.4 Å². The van der Waals surface area contributed by atoms with E-state index in [2.05, 4.69) is 0 Å². The quantitative estimate of drug-likeness (QED) is 0.474. The van der Waals surface area contributed by atoms with Gasteiger partial charge >= 0.3 is 29.6 Å². The Morgan fingerprint density at radius 3 is 2.11 bits per heavy atom. The molecule has 6 heteroatoms. The van der Waals surface area contributed by atoms with Crippen molar-refractivity contribution in [3.8, 4) is 0 Å². The van der Waals surface area contributed by atoms with Crippen LogP contribution in [0.25, 0.3) is 0 Å². The van der Waals surface area contributed by atoms with Gasteiger partial charge in [0.1, 0.15) is 0 Å². The zero-order valence-corrected chi connectivity index (χ0v) is 6.13. The zero-order chi connectivity index (χ0) is 6.62. The van der Waals surface area contributed by atoms with E-state index in [4.69, 9.17) is 4.55 Å². The van der Waals surface area contributed by atoms with Gasteiger partial charge in [0.05, 0.1) is 5.75 Å². The Kier molecular flexibility index (Phi) is 8.60. The fourth-order valence-corrected chi connectivity index (χ4v) is 1.70. The van der Waals surface area contributed by atoms with Crippen LogP contribution in [-0.2, 0) is 10.1 Å². The van der Waals surface area contributed by atoms with E-state index in [1.54, 1.807) is 6.26 Å². The van der Waals surface area contributed by atoms with Crippen LogP contribution in [0.15, 0.2) is 0 Å². The topological polar surface area (TPSA) is 54.4 Å². The molecule has 0 aliphatic heterocycles. The molecule has 3 nitrogen and oxygen atoms in total. The molecule has 0 saturated heterocycles. The summed E-state index contributed by atoms with van der Waals surface area (Å²) in [4.78, 5) is 0. The van der Waals surface area contributed by atoms with Crippen molar-refractivity contribution in [2.75, 3.05) is 17.8 Å². The van der Waals surface area contributed by atoms with Gasteiger partial charge in [-0.3, -0.25) is 4.55 Å². The van der Waals surface area contributed by atoms with E-state index >= 15 is 0 Å². The molecule has 1 N–H and O–H groups in total. The SMILES string of the molecule is CSCCS(=O)(=O)O.[NaH]. The molecule has 0 aliphatic rings. The fraction of sp³-hybridized carbons (Fsp3) is 1.00. The Bertz CT molecular complexity index is 141. The molecule has 0 fully saturated rings. The molecule has 0 rings (SSSR count). The van der Waals surface area contributed by atoms with Crippen LogP contribution in [0, 0.1) is 0 Å². The van der Waals surface area contributed by atoms with Gasteiger partial charge in [-0.15, -0.1) is 0 Å². The Hall–Kier alpha value is 1.26. The van der Waals surface area contributed by atoms with Crippen LogP contribution in [0.3, 0.4) is 0 Å². The van der Waals surface area contributed by atoms with Gasteiger partial charge < -0.3 is 0 Å². The van der Waals surface area contributed by atoms with Crippen LogP contribution in [0.2, 0.25) is 0 Å². The molecule has 0 heterocycles. The van der Waals surface area contributed by atoms with Crippen LogP contribution in [0.4, 0.5) is 0 Å². The molecular weight excluding hydrogens is 171 g/mol.